The van der Waals surface area contributed by atoms with Crippen molar-refractivity contribution in [1.29, 1.82) is 0 Å². The molecule has 0 unspecified atom stereocenters. The number of carbonyl (C=O) groups excluding carboxylic acids is 2. The highest BCUT2D eigenvalue weighted by Gasteiger charge is 2.16. The molecule has 0 aromatic heterocycles. The van der Waals surface area contributed by atoms with E-state index in [1.54, 1.807) is 0 Å². The summed E-state index contributed by atoms with van der Waals surface area (Å²) in [6.45, 7) is 2.04. The third-order valence-electron chi connectivity index (χ3n) is 4.70. The lowest BCUT2D eigenvalue weighted by Gasteiger charge is -2.07. The molecule has 0 aliphatic heterocycles. The lowest BCUT2D eigenvalue weighted by Crippen LogP contribution is -2.07. The van der Waals surface area contributed by atoms with Gasteiger partial charge in [0, 0.05) is 24.0 Å². The van der Waals surface area contributed by atoms with Crippen LogP contribution < -0.4 is 0 Å². The van der Waals surface area contributed by atoms with Crippen LogP contribution in [0.5, 0.6) is 0 Å². The van der Waals surface area contributed by atoms with E-state index in [0.29, 0.717) is 0 Å². The van der Waals surface area contributed by atoms with Gasteiger partial charge >= 0.3 is 0 Å². The summed E-state index contributed by atoms with van der Waals surface area (Å²) >= 11 is 0. The van der Waals surface area contributed by atoms with Gasteiger partial charge in [-0.3, -0.25) is 9.59 Å². The number of aryl methyl sites for hydroxylation is 3. The Morgan fingerprint density at radius 3 is 2.48 bits per heavy atom. The summed E-state index contributed by atoms with van der Waals surface area (Å²) < 4.78 is 0. The average molecular weight is 306 g/mol. The zero-order valence-corrected chi connectivity index (χ0v) is 13.6. The van der Waals surface area contributed by atoms with Crippen molar-refractivity contribution in [2.75, 3.05) is 0 Å². The summed E-state index contributed by atoms with van der Waals surface area (Å²) in [6.07, 6.45) is 4.78. The van der Waals surface area contributed by atoms with Crippen LogP contribution in [-0.2, 0) is 19.3 Å². The Labute approximate surface area is 137 Å². The SMILES string of the molecule is CCc1ccccc1C(=O)CCC(=O)c1ccc2c(c1)CCC2. The van der Waals surface area contributed by atoms with Crippen molar-refractivity contribution in [2.24, 2.45) is 0 Å². The molecule has 2 aromatic rings. The summed E-state index contributed by atoms with van der Waals surface area (Å²) in [5.74, 6) is 0.138. The van der Waals surface area contributed by atoms with Gasteiger partial charge in [0.2, 0.25) is 0 Å². The predicted octanol–water partition coefficient (Wildman–Crippen LogP) is 4.58. The van der Waals surface area contributed by atoms with E-state index < -0.39 is 0 Å². The maximum atomic E-state index is 12.4. The first-order valence-corrected chi connectivity index (χ1v) is 8.45. The van der Waals surface area contributed by atoms with Gasteiger partial charge in [0.15, 0.2) is 11.6 Å². The smallest absolute Gasteiger partial charge is 0.163 e. The normalized spacial score (nSPS) is 12.9. The molecule has 2 nitrogen and oxygen atoms in total. The van der Waals surface area contributed by atoms with E-state index in [1.165, 1.54) is 17.5 Å². The van der Waals surface area contributed by atoms with Crippen molar-refractivity contribution in [3.63, 3.8) is 0 Å². The number of hydrogen-bond donors (Lipinski definition) is 0. The maximum Gasteiger partial charge on any atom is 0.163 e. The van der Waals surface area contributed by atoms with Crippen LogP contribution in [0, 0.1) is 0 Å². The van der Waals surface area contributed by atoms with Crippen molar-refractivity contribution in [1.82, 2.24) is 0 Å². The molecule has 0 atom stereocenters. The summed E-state index contributed by atoms with van der Waals surface area (Å²) in [5.41, 5.74) is 5.24. The van der Waals surface area contributed by atoms with E-state index in [-0.39, 0.29) is 24.4 Å². The quantitative estimate of drug-likeness (QED) is 0.732. The van der Waals surface area contributed by atoms with Gasteiger partial charge in [0.1, 0.15) is 0 Å². The second kappa shape index (κ2) is 6.91. The minimum atomic E-state index is 0.0666. The highest BCUT2D eigenvalue weighted by atomic mass is 16.1. The molecule has 0 saturated carbocycles. The Balaban J connectivity index is 1.66. The fourth-order valence-corrected chi connectivity index (χ4v) is 3.35. The highest BCUT2D eigenvalue weighted by Crippen LogP contribution is 2.23. The number of hydrogen-bond acceptors (Lipinski definition) is 2. The molecular weight excluding hydrogens is 284 g/mol. The molecule has 0 heterocycles. The molecule has 0 fully saturated rings. The zero-order chi connectivity index (χ0) is 16.2. The number of rotatable bonds is 6. The average Bonchev–Trinajstić information content (AvgIpc) is 3.06. The number of ketones is 2. The standard InChI is InChI=1S/C21H22O2/c1-2-15-6-3-4-9-19(15)21(23)13-12-20(22)18-11-10-16-7-5-8-17(16)14-18/h3-4,6,9-11,14H,2,5,7-8,12-13H2,1H3. The maximum absolute atomic E-state index is 12.4. The topological polar surface area (TPSA) is 34.1 Å². The fourth-order valence-electron chi connectivity index (χ4n) is 3.35. The number of benzene rings is 2. The van der Waals surface area contributed by atoms with Gasteiger partial charge in [0.05, 0.1) is 0 Å². The van der Waals surface area contributed by atoms with E-state index in [9.17, 15) is 9.59 Å². The largest absolute Gasteiger partial charge is 0.294 e. The molecule has 0 N–H and O–H groups in total. The first-order chi connectivity index (χ1) is 11.2. The molecule has 0 radical (unpaired) electrons. The summed E-state index contributed by atoms with van der Waals surface area (Å²) in [5, 5.41) is 0. The first kappa shape index (κ1) is 15.7. The Hall–Kier alpha value is -2.22. The molecule has 0 spiro atoms. The minimum Gasteiger partial charge on any atom is -0.294 e. The fraction of sp³-hybridized carbons (Fsp3) is 0.333. The second-order valence-electron chi connectivity index (χ2n) is 6.19. The van der Waals surface area contributed by atoms with E-state index >= 15 is 0 Å². The Morgan fingerprint density at radius 1 is 0.913 bits per heavy atom. The molecule has 1 aliphatic carbocycles. The lowest BCUT2D eigenvalue weighted by atomic mass is 9.96. The molecule has 0 amide bonds. The monoisotopic (exact) mass is 306 g/mol. The molecule has 0 saturated heterocycles. The summed E-state index contributed by atoms with van der Waals surface area (Å²) in [6, 6.07) is 13.7. The van der Waals surface area contributed by atoms with E-state index in [4.69, 9.17) is 0 Å². The van der Waals surface area contributed by atoms with Gasteiger partial charge in [-0.05, 0) is 48.4 Å². The molecule has 1 aliphatic rings. The van der Waals surface area contributed by atoms with Crippen molar-refractivity contribution in [3.05, 3.63) is 70.3 Å². The van der Waals surface area contributed by atoms with Gasteiger partial charge in [0.25, 0.3) is 0 Å². The predicted molar refractivity (Wildman–Crippen MR) is 92.2 cm³/mol. The van der Waals surface area contributed by atoms with Crippen molar-refractivity contribution in [3.8, 4) is 0 Å². The van der Waals surface area contributed by atoms with Crippen LogP contribution in [0.25, 0.3) is 0 Å². The third kappa shape index (κ3) is 3.42. The molecule has 2 aromatic carbocycles. The minimum absolute atomic E-state index is 0.0666. The summed E-state index contributed by atoms with van der Waals surface area (Å²) in [7, 11) is 0. The number of fused-ring (bicyclic) bond motifs is 1. The molecule has 3 rings (SSSR count). The number of Topliss-reactive ketones (excluding diaryl/α,β-unsaturated/α-hetero) is 2. The third-order valence-corrected chi connectivity index (χ3v) is 4.70. The highest BCUT2D eigenvalue weighted by molar-refractivity contribution is 6.02. The van der Waals surface area contributed by atoms with Crippen LogP contribution in [0.3, 0.4) is 0 Å². The number of carbonyl (C=O) groups is 2. The first-order valence-electron chi connectivity index (χ1n) is 8.45. The van der Waals surface area contributed by atoms with Gasteiger partial charge in [-0.25, -0.2) is 0 Å². The van der Waals surface area contributed by atoms with Gasteiger partial charge < -0.3 is 0 Å². The van der Waals surface area contributed by atoms with E-state index in [0.717, 1.165) is 36.0 Å². The van der Waals surface area contributed by atoms with Crippen LogP contribution in [0.4, 0.5) is 0 Å². The van der Waals surface area contributed by atoms with Crippen molar-refractivity contribution < 1.29 is 9.59 Å². The Kier molecular flexibility index (Phi) is 4.71. The molecule has 118 valence electrons. The van der Waals surface area contributed by atoms with Gasteiger partial charge in [-0.1, -0.05) is 43.3 Å². The Morgan fingerprint density at radius 2 is 1.65 bits per heavy atom. The second-order valence-corrected chi connectivity index (χ2v) is 6.19. The lowest BCUT2D eigenvalue weighted by molar-refractivity contribution is 0.0917. The van der Waals surface area contributed by atoms with E-state index in [2.05, 4.69) is 6.07 Å². The summed E-state index contributed by atoms with van der Waals surface area (Å²) in [4.78, 5) is 24.8. The van der Waals surface area contributed by atoms with Gasteiger partial charge in [-0.15, -0.1) is 0 Å². The van der Waals surface area contributed by atoms with E-state index in [1.807, 2.05) is 43.3 Å². The molecular formula is C21H22O2. The van der Waals surface area contributed by atoms with Crippen LogP contribution in [0.2, 0.25) is 0 Å². The van der Waals surface area contributed by atoms with Crippen LogP contribution in [-0.4, -0.2) is 11.6 Å². The molecule has 23 heavy (non-hydrogen) atoms. The Bertz CT molecular complexity index is 743. The van der Waals surface area contributed by atoms with Crippen LogP contribution >= 0.6 is 0 Å². The van der Waals surface area contributed by atoms with Gasteiger partial charge in [-0.2, -0.15) is 0 Å². The van der Waals surface area contributed by atoms with Crippen molar-refractivity contribution in [2.45, 2.75) is 45.4 Å². The molecule has 0 bridgehead atoms. The molecule has 2 heteroatoms. The van der Waals surface area contributed by atoms with Crippen LogP contribution in [0.15, 0.2) is 42.5 Å². The zero-order valence-electron chi connectivity index (χ0n) is 13.6. The van der Waals surface area contributed by atoms with Crippen LogP contribution in [0.1, 0.15) is 63.6 Å². The van der Waals surface area contributed by atoms with Crippen molar-refractivity contribution >= 4 is 11.6 Å².